The van der Waals surface area contributed by atoms with E-state index in [9.17, 15) is 4.21 Å². The van der Waals surface area contributed by atoms with Crippen molar-refractivity contribution in [3.63, 3.8) is 0 Å². The molecule has 3 aromatic rings. The summed E-state index contributed by atoms with van der Waals surface area (Å²) in [7, 11) is 1.32. The first-order valence-corrected chi connectivity index (χ1v) is 9.56. The molecule has 2 heterocycles. The van der Waals surface area contributed by atoms with Crippen molar-refractivity contribution >= 4 is 21.2 Å². The van der Waals surface area contributed by atoms with Crippen molar-refractivity contribution in [2.45, 2.75) is 18.2 Å². The SMILES string of the molecule is Cc1cc2ncnn2c(N(C)C)c1Cc1ccc([S@@](C)(=N)=O)cc1. The van der Waals surface area contributed by atoms with E-state index < -0.39 is 9.73 Å². The molecule has 0 bridgehead atoms. The molecule has 126 valence electrons. The van der Waals surface area contributed by atoms with Crippen LogP contribution >= 0.6 is 0 Å². The lowest BCUT2D eigenvalue weighted by Gasteiger charge is -2.20. The highest BCUT2D eigenvalue weighted by molar-refractivity contribution is 7.91. The molecule has 1 N–H and O–H groups in total. The van der Waals surface area contributed by atoms with Crippen LogP contribution in [-0.2, 0) is 16.1 Å². The minimum atomic E-state index is -2.67. The van der Waals surface area contributed by atoms with Crippen LogP contribution in [0.4, 0.5) is 5.82 Å². The van der Waals surface area contributed by atoms with Crippen molar-refractivity contribution in [1.82, 2.24) is 14.6 Å². The van der Waals surface area contributed by atoms with Crippen molar-refractivity contribution in [3.05, 3.63) is 53.3 Å². The molecule has 6 nitrogen and oxygen atoms in total. The monoisotopic (exact) mass is 343 g/mol. The summed E-state index contributed by atoms with van der Waals surface area (Å²) in [6.45, 7) is 2.08. The molecule has 0 amide bonds. The van der Waals surface area contributed by atoms with Crippen molar-refractivity contribution in [3.8, 4) is 0 Å². The number of hydrogen-bond acceptors (Lipinski definition) is 5. The van der Waals surface area contributed by atoms with Gasteiger partial charge in [0.05, 0.1) is 9.73 Å². The Kier molecular flexibility index (Phi) is 4.04. The third-order valence-electron chi connectivity index (χ3n) is 4.04. The lowest BCUT2D eigenvalue weighted by molar-refractivity contribution is 0.679. The molecule has 0 saturated carbocycles. The summed E-state index contributed by atoms with van der Waals surface area (Å²) in [4.78, 5) is 6.88. The number of nitrogens with zero attached hydrogens (tertiary/aromatic N) is 4. The van der Waals surface area contributed by atoms with E-state index in [0.717, 1.165) is 29.0 Å². The van der Waals surface area contributed by atoms with Crippen LogP contribution in [0.2, 0.25) is 0 Å². The van der Waals surface area contributed by atoms with Gasteiger partial charge in [-0.1, -0.05) is 12.1 Å². The normalized spacial score (nSPS) is 13.8. The van der Waals surface area contributed by atoms with E-state index in [0.29, 0.717) is 4.90 Å². The average molecular weight is 343 g/mol. The highest BCUT2D eigenvalue weighted by Crippen LogP contribution is 2.26. The molecule has 0 unspecified atom stereocenters. The number of rotatable bonds is 4. The molecule has 0 spiro atoms. The first kappa shape index (κ1) is 16.4. The Labute approximate surface area is 142 Å². The smallest absolute Gasteiger partial charge is 0.157 e. The predicted molar refractivity (Wildman–Crippen MR) is 96.4 cm³/mol. The minimum Gasteiger partial charge on any atom is -0.362 e. The van der Waals surface area contributed by atoms with E-state index in [1.807, 2.05) is 41.7 Å². The van der Waals surface area contributed by atoms with Gasteiger partial charge < -0.3 is 4.90 Å². The van der Waals surface area contributed by atoms with Gasteiger partial charge in [0, 0.05) is 37.2 Å². The van der Waals surface area contributed by atoms with Crippen LogP contribution in [0, 0.1) is 11.7 Å². The highest BCUT2D eigenvalue weighted by Gasteiger charge is 2.15. The maximum Gasteiger partial charge on any atom is 0.157 e. The van der Waals surface area contributed by atoms with Crippen LogP contribution in [0.3, 0.4) is 0 Å². The van der Waals surface area contributed by atoms with E-state index in [1.54, 1.807) is 18.5 Å². The van der Waals surface area contributed by atoms with Crippen LogP contribution in [0.15, 0.2) is 41.6 Å². The summed E-state index contributed by atoms with van der Waals surface area (Å²) in [5.41, 5.74) is 4.26. The number of aryl methyl sites for hydroxylation is 1. The second kappa shape index (κ2) is 5.90. The molecule has 7 heteroatoms. The van der Waals surface area contributed by atoms with Crippen molar-refractivity contribution in [1.29, 1.82) is 4.78 Å². The number of nitrogens with one attached hydrogen (secondary N) is 1. The molecule has 0 aliphatic rings. The molecule has 1 atom stereocenters. The molecule has 0 aliphatic heterocycles. The number of pyridine rings is 1. The van der Waals surface area contributed by atoms with Crippen LogP contribution < -0.4 is 4.90 Å². The van der Waals surface area contributed by atoms with Crippen LogP contribution in [0.25, 0.3) is 5.65 Å². The van der Waals surface area contributed by atoms with E-state index in [1.165, 1.54) is 11.8 Å². The van der Waals surface area contributed by atoms with Gasteiger partial charge >= 0.3 is 0 Å². The van der Waals surface area contributed by atoms with Crippen LogP contribution in [0.5, 0.6) is 0 Å². The summed E-state index contributed by atoms with van der Waals surface area (Å²) >= 11 is 0. The largest absolute Gasteiger partial charge is 0.362 e. The fourth-order valence-corrected chi connectivity index (χ4v) is 3.50. The van der Waals surface area contributed by atoms with Crippen molar-refractivity contribution < 1.29 is 4.21 Å². The van der Waals surface area contributed by atoms with Crippen molar-refractivity contribution in [2.24, 2.45) is 0 Å². The lowest BCUT2D eigenvalue weighted by atomic mass is 10.0. The first-order valence-electron chi connectivity index (χ1n) is 7.59. The quantitative estimate of drug-likeness (QED) is 0.790. The molecule has 2 aromatic heterocycles. The number of aromatic nitrogens is 3. The van der Waals surface area contributed by atoms with E-state index in [-0.39, 0.29) is 0 Å². The number of anilines is 1. The third kappa shape index (κ3) is 2.99. The Morgan fingerprint density at radius 1 is 1.25 bits per heavy atom. The second-order valence-electron chi connectivity index (χ2n) is 6.22. The molecule has 24 heavy (non-hydrogen) atoms. The van der Waals surface area contributed by atoms with Gasteiger partial charge in [0.25, 0.3) is 0 Å². The summed E-state index contributed by atoms with van der Waals surface area (Å²) in [6.07, 6.45) is 3.74. The summed E-state index contributed by atoms with van der Waals surface area (Å²) in [6, 6.07) is 9.48. The van der Waals surface area contributed by atoms with E-state index in [4.69, 9.17) is 4.78 Å². The fraction of sp³-hybridized carbons (Fsp3) is 0.294. The number of benzene rings is 1. The summed E-state index contributed by atoms with van der Waals surface area (Å²) < 4.78 is 21.3. The molecular formula is C17H21N5OS. The fourth-order valence-electron chi connectivity index (χ4n) is 2.85. The Hall–Kier alpha value is -2.41. The van der Waals surface area contributed by atoms with Crippen LogP contribution in [-0.4, -0.2) is 39.2 Å². The zero-order valence-corrected chi connectivity index (χ0v) is 15.1. The molecule has 0 radical (unpaired) electrons. The van der Waals surface area contributed by atoms with E-state index >= 15 is 0 Å². The summed E-state index contributed by atoms with van der Waals surface area (Å²) in [5, 5.41) is 4.33. The number of hydrogen-bond donors (Lipinski definition) is 1. The van der Waals surface area contributed by atoms with Crippen LogP contribution in [0.1, 0.15) is 16.7 Å². The maximum atomic E-state index is 11.8. The third-order valence-corrected chi connectivity index (χ3v) is 5.22. The molecule has 3 rings (SSSR count). The molecule has 0 saturated heterocycles. The van der Waals surface area contributed by atoms with E-state index in [2.05, 4.69) is 17.0 Å². The standard InChI is InChI=1S/C17H21N5OS/c1-12-9-16-19-11-20-22(16)17(21(2)3)15(12)10-13-5-7-14(8-6-13)24(4,18)23/h5-9,11,18H,10H2,1-4H3/t24-/m0/s1. The zero-order valence-electron chi connectivity index (χ0n) is 14.3. The Balaban J connectivity index is 2.06. The highest BCUT2D eigenvalue weighted by atomic mass is 32.2. The lowest BCUT2D eigenvalue weighted by Crippen LogP contribution is -2.17. The summed E-state index contributed by atoms with van der Waals surface area (Å²) in [5.74, 6) is 1.01. The van der Waals surface area contributed by atoms with Gasteiger partial charge in [-0.05, 0) is 36.2 Å². The van der Waals surface area contributed by atoms with Gasteiger partial charge in [0.1, 0.15) is 12.1 Å². The molecule has 1 aromatic carbocycles. The maximum absolute atomic E-state index is 11.8. The number of fused-ring (bicyclic) bond motifs is 1. The van der Waals surface area contributed by atoms with Crippen molar-refractivity contribution in [2.75, 3.05) is 25.3 Å². The Morgan fingerprint density at radius 3 is 2.50 bits per heavy atom. The molecular weight excluding hydrogens is 322 g/mol. The van der Waals surface area contributed by atoms with Gasteiger partial charge in [-0.3, -0.25) is 0 Å². The van der Waals surface area contributed by atoms with Gasteiger partial charge in [0.2, 0.25) is 0 Å². The van der Waals surface area contributed by atoms with Gasteiger partial charge in [-0.25, -0.2) is 14.0 Å². The van der Waals surface area contributed by atoms with Gasteiger partial charge in [-0.2, -0.15) is 9.61 Å². The molecule has 0 fully saturated rings. The first-order chi connectivity index (χ1) is 11.3. The Bertz CT molecular complexity index is 988. The second-order valence-corrected chi connectivity index (χ2v) is 8.38. The predicted octanol–water partition coefficient (Wildman–Crippen LogP) is 2.73. The average Bonchev–Trinajstić information content (AvgIpc) is 2.94. The minimum absolute atomic E-state index is 0.558. The zero-order chi connectivity index (χ0) is 17.5. The Morgan fingerprint density at radius 2 is 1.92 bits per heavy atom. The molecule has 0 aliphatic carbocycles. The topological polar surface area (TPSA) is 74.3 Å². The van der Waals surface area contributed by atoms with Gasteiger partial charge in [0.15, 0.2) is 5.65 Å². The van der Waals surface area contributed by atoms with Gasteiger partial charge in [-0.15, -0.1) is 0 Å².